The Bertz CT molecular complexity index is 1020. The first-order chi connectivity index (χ1) is 13.6. The number of ether oxygens (including phenoxy) is 2. The summed E-state index contributed by atoms with van der Waals surface area (Å²) in [4.78, 5) is 24.6. The number of rotatable bonds is 8. The average Bonchev–Trinajstić information content (AvgIpc) is 2.67. The molecule has 0 aliphatic rings. The van der Waals surface area contributed by atoms with Crippen LogP contribution < -0.4 is 9.46 Å². The number of ketones is 1. The zero-order valence-corrected chi connectivity index (χ0v) is 16.9. The van der Waals surface area contributed by atoms with Gasteiger partial charge in [0.15, 0.2) is 12.2 Å². The second-order valence-electron chi connectivity index (χ2n) is 6.29. The fourth-order valence-electron chi connectivity index (χ4n) is 2.34. The summed E-state index contributed by atoms with van der Waals surface area (Å²) in [6.45, 7) is 2.93. The van der Waals surface area contributed by atoms with E-state index in [1.165, 1.54) is 38.1 Å². The molecule has 0 saturated heterocycles. The summed E-state index contributed by atoms with van der Waals surface area (Å²) in [5, 5.41) is 8.78. The second-order valence-corrected chi connectivity index (χ2v) is 8.04. The van der Waals surface area contributed by atoms with Gasteiger partial charge < -0.3 is 9.47 Å². The summed E-state index contributed by atoms with van der Waals surface area (Å²) in [7, 11) is -3.42. The fourth-order valence-corrected chi connectivity index (χ4v) is 2.90. The van der Waals surface area contributed by atoms with Crippen molar-refractivity contribution in [1.82, 2.24) is 0 Å². The minimum absolute atomic E-state index is 0.269. The number of hydrogen-bond donors (Lipinski definition) is 1. The molecule has 2 aromatic rings. The van der Waals surface area contributed by atoms with Crippen molar-refractivity contribution in [2.24, 2.45) is 0 Å². The van der Waals surface area contributed by atoms with Gasteiger partial charge in [0.1, 0.15) is 5.75 Å². The Morgan fingerprint density at radius 3 is 2.10 bits per heavy atom. The third-order valence-corrected chi connectivity index (χ3v) is 4.37. The molecule has 0 amide bonds. The number of esters is 1. The van der Waals surface area contributed by atoms with Crippen LogP contribution in [0.15, 0.2) is 48.5 Å². The maximum absolute atomic E-state index is 12.4. The molecule has 1 N–H and O–H groups in total. The lowest BCUT2D eigenvalue weighted by atomic mass is 10.1. The molecule has 2 atom stereocenters. The Morgan fingerprint density at radius 1 is 1.00 bits per heavy atom. The van der Waals surface area contributed by atoms with Crippen LogP contribution in [0.5, 0.6) is 5.75 Å². The highest BCUT2D eigenvalue weighted by Crippen LogP contribution is 2.16. The van der Waals surface area contributed by atoms with E-state index >= 15 is 0 Å². The van der Waals surface area contributed by atoms with E-state index in [9.17, 15) is 18.0 Å². The van der Waals surface area contributed by atoms with Crippen LogP contribution in [0.1, 0.15) is 29.8 Å². The Hall–Kier alpha value is -3.38. The molecule has 0 spiro atoms. The highest BCUT2D eigenvalue weighted by Gasteiger charge is 2.24. The minimum Gasteiger partial charge on any atom is -0.479 e. The first-order valence-corrected chi connectivity index (χ1v) is 10.5. The molecule has 0 aliphatic carbocycles. The first-order valence-electron chi connectivity index (χ1n) is 8.58. The van der Waals surface area contributed by atoms with Crippen LogP contribution in [0.4, 0.5) is 5.69 Å². The molecule has 2 rings (SSSR count). The number of hydrogen-bond acceptors (Lipinski definition) is 7. The van der Waals surface area contributed by atoms with Crippen LogP contribution in [0.3, 0.4) is 0 Å². The van der Waals surface area contributed by atoms with E-state index in [4.69, 9.17) is 14.7 Å². The predicted molar refractivity (Wildman–Crippen MR) is 106 cm³/mol. The number of nitrogens with one attached hydrogen (secondary N) is 1. The van der Waals surface area contributed by atoms with Crippen molar-refractivity contribution < 1.29 is 27.5 Å². The molecule has 29 heavy (non-hydrogen) atoms. The Labute approximate surface area is 169 Å². The number of Topliss-reactive ketones (excluding diaryl/α,β-unsaturated/α-hetero) is 1. The van der Waals surface area contributed by atoms with Crippen molar-refractivity contribution in [3.63, 3.8) is 0 Å². The van der Waals surface area contributed by atoms with E-state index in [0.717, 1.165) is 6.26 Å². The van der Waals surface area contributed by atoms with E-state index in [2.05, 4.69) is 4.72 Å². The van der Waals surface area contributed by atoms with Gasteiger partial charge in [0.05, 0.1) is 17.9 Å². The molecule has 0 radical (unpaired) electrons. The average molecular weight is 416 g/mol. The van der Waals surface area contributed by atoms with Crippen LogP contribution in [0, 0.1) is 11.3 Å². The molecule has 0 heterocycles. The van der Waals surface area contributed by atoms with Crippen molar-refractivity contribution in [2.45, 2.75) is 26.1 Å². The molecular weight excluding hydrogens is 396 g/mol. The van der Waals surface area contributed by atoms with Gasteiger partial charge in [-0.25, -0.2) is 13.2 Å². The van der Waals surface area contributed by atoms with Gasteiger partial charge in [-0.15, -0.1) is 0 Å². The van der Waals surface area contributed by atoms with Gasteiger partial charge in [0.25, 0.3) is 0 Å². The topological polar surface area (TPSA) is 123 Å². The molecule has 9 heteroatoms. The van der Waals surface area contributed by atoms with Crippen LogP contribution in [0.2, 0.25) is 0 Å². The highest BCUT2D eigenvalue weighted by atomic mass is 32.2. The minimum atomic E-state index is -3.42. The van der Waals surface area contributed by atoms with Gasteiger partial charge in [0, 0.05) is 11.3 Å². The number of nitrogens with zero attached hydrogens (tertiary/aromatic N) is 1. The molecule has 152 valence electrons. The number of sulfonamides is 1. The number of carbonyl (C=O) groups excluding carboxylic acids is 2. The normalized spacial score (nSPS) is 12.9. The first kappa shape index (κ1) is 21.9. The monoisotopic (exact) mass is 416 g/mol. The zero-order chi connectivity index (χ0) is 21.6. The van der Waals surface area contributed by atoms with Gasteiger partial charge in [0.2, 0.25) is 15.8 Å². The number of anilines is 1. The van der Waals surface area contributed by atoms with Crippen molar-refractivity contribution in [3.05, 3.63) is 59.7 Å². The second kappa shape index (κ2) is 9.21. The molecule has 0 saturated carbocycles. The van der Waals surface area contributed by atoms with Crippen molar-refractivity contribution in [1.29, 1.82) is 5.26 Å². The van der Waals surface area contributed by atoms with Gasteiger partial charge in [-0.3, -0.25) is 9.52 Å². The molecule has 0 aliphatic heterocycles. The standard InChI is InChI=1S/C20H20N2O6S/c1-13(19(23)16-6-8-17(9-7-16)22-29(3,25)26)28-20(24)14(2)27-18-10-4-15(12-21)5-11-18/h4-11,13-14,22H,1-3H3/t13-,14-/m0/s1. The Kier molecular flexibility index (Phi) is 6.96. The van der Waals surface area contributed by atoms with E-state index in [0.29, 0.717) is 17.0 Å². The maximum atomic E-state index is 12.4. The SMILES string of the molecule is C[C@H](Oc1ccc(C#N)cc1)C(=O)O[C@@H](C)C(=O)c1ccc(NS(C)(=O)=O)cc1. The third-order valence-electron chi connectivity index (χ3n) is 3.76. The molecule has 0 aromatic heterocycles. The lowest BCUT2D eigenvalue weighted by molar-refractivity contribution is -0.153. The predicted octanol–water partition coefficient (Wildman–Crippen LogP) is 2.51. The molecule has 0 fully saturated rings. The van der Waals surface area contributed by atoms with Gasteiger partial charge in [-0.2, -0.15) is 5.26 Å². The van der Waals surface area contributed by atoms with E-state index in [1.54, 1.807) is 24.3 Å². The summed E-state index contributed by atoms with van der Waals surface area (Å²) in [6, 6.07) is 14.0. The van der Waals surface area contributed by atoms with Crippen molar-refractivity contribution >= 4 is 27.5 Å². The van der Waals surface area contributed by atoms with Gasteiger partial charge in [-0.1, -0.05) is 0 Å². The Balaban J connectivity index is 1.95. The quantitative estimate of drug-likeness (QED) is 0.518. The van der Waals surface area contributed by atoms with Crippen LogP contribution in [-0.2, 0) is 19.6 Å². The van der Waals surface area contributed by atoms with E-state index < -0.39 is 34.0 Å². The summed E-state index contributed by atoms with van der Waals surface area (Å²) in [5.74, 6) is -0.762. The van der Waals surface area contributed by atoms with Crippen molar-refractivity contribution in [2.75, 3.05) is 11.0 Å². The number of benzene rings is 2. The summed E-state index contributed by atoms with van der Waals surface area (Å²) < 4.78 is 35.4. The molecule has 0 bridgehead atoms. The maximum Gasteiger partial charge on any atom is 0.347 e. The van der Waals surface area contributed by atoms with Gasteiger partial charge >= 0.3 is 5.97 Å². The third kappa shape index (κ3) is 6.62. The zero-order valence-electron chi connectivity index (χ0n) is 16.1. The summed E-state index contributed by atoms with van der Waals surface area (Å²) >= 11 is 0. The fraction of sp³-hybridized carbons (Fsp3) is 0.250. The molecule has 0 unspecified atom stereocenters. The molecule has 8 nitrogen and oxygen atoms in total. The largest absolute Gasteiger partial charge is 0.479 e. The lowest BCUT2D eigenvalue weighted by Gasteiger charge is -2.17. The van der Waals surface area contributed by atoms with Crippen LogP contribution in [-0.4, -0.2) is 38.6 Å². The smallest absolute Gasteiger partial charge is 0.347 e. The van der Waals surface area contributed by atoms with Crippen LogP contribution in [0.25, 0.3) is 0 Å². The van der Waals surface area contributed by atoms with E-state index in [1.807, 2.05) is 6.07 Å². The van der Waals surface area contributed by atoms with E-state index in [-0.39, 0.29) is 5.56 Å². The molecular formula is C20H20N2O6S. The Morgan fingerprint density at radius 2 is 1.59 bits per heavy atom. The lowest BCUT2D eigenvalue weighted by Crippen LogP contribution is -2.32. The molecule has 2 aromatic carbocycles. The highest BCUT2D eigenvalue weighted by molar-refractivity contribution is 7.92. The number of nitriles is 1. The summed E-state index contributed by atoms with van der Waals surface area (Å²) in [6.07, 6.45) is -0.989. The van der Waals surface area contributed by atoms with Gasteiger partial charge in [-0.05, 0) is 62.4 Å². The van der Waals surface area contributed by atoms with Crippen LogP contribution >= 0.6 is 0 Å². The summed E-state index contributed by atoms with van der Waals surface area (Å²) in [5.41, 5.74) is 1.05. The number of carbonyl (C=O) groups is 2. The van der Waals surface area contributed by atoms with Crippen molar-refractivity contribution in [3.8, 4) is 11.8 Å².